The molecule has 0 aliphatic heterocycles. The molecule has 71 heavy (non-hydrogen) atoms. The Balaban J connectivity index is 4.08. The summed E-state index contributed by atoms with van der Waals surface area (Å²) in [7, 11) is 1.12. The molecule has 0 bridgehead atoms. The Labute approximate surface area is 438 Å². The zero-order valence-corrected chi connectivity index (χ0v) is 47.7. The Hall–Kier alpha value is -2.10. The minimum atomic E-state index is -4.67. The van der Waals surface area contributed by atoms with E-state index in [1.165, 1.54) is 141 Å². The van der Waals surface area contributed by atoms with Gasteiger partial charge in [0.2, 0.25) is 5.91 Å². The van der Waals surface area contributed by atoms with Gasteiger partial charge in [0.25, 0.3) is 7.82 Å². The lowest BCUT2D eigenvalue weighted by Gasteiger charge is -2.31. The molecule has 4 unspecified atom stereocenters. The van der Waals surface area contributed by atoms with E-state index in [1.807, 2.05) is 21.1 Å². The van der Waals surface area contributed by atoms with Crippen molar-refractivity contribution >= 4 is 13.7 Å². The van der Waals surface area contributed by atoms with Crippen molar-refractivity contribution in [1.82, 2.24) is 5.32 Å². The molecule has 0 aromatic carbocycles. The van der Waals surface area contributed by atoms with Crippen molar-refractivity contribution in [2.75, 3.05) is 40.9 Å². The number of rotatable bonds is 53. The number of nitrogens with zero attached hydrogens (tertiary/aromatic N) is 1. The van der Waals surface area contributed by atoms with Gasteiger partial charge >= 0.3 is 0 Å². The molecule has 0 heterocycles. The smallest absolute Gasteiger partial charge is 0.268 e. The molecule has 0 aliphatic rings. The van der Waals surface area contributed by atoms with Gasteiger partial charge < -0.3 is 34.0 Å². The van der Waals surface area contributed by atoms with E-state index >= 15 is 0 Å². The van der Waals surface area contributed by atoms with E-state index in [1.54, 1.807) is 0 Å². The second-order valence-electron chi connectivity index (χ2n) is 21.1. The number of carbonyl (C=O) groups is 1. The molecule has 0 aromatic heterocycles. The summed E-state index contributed by atoms with van der Waals surface area (Å²) in [6.45, 7) is 4.33. The van der Waals surface area contributed by atoms with E-state index < -0.39 is 32.7 Å². The fourth-order valence-corrected chi connectivity index (χ4v) is 9.16. The molecule has 414 valence electrons. The van der Waals surface area contributed by atoms with Crippen LogP contribution >= 0.6 is 7.82 Å². The summed E-state index contributed by atoms with van der Waals surface area (Å²) in [6.07, 6.45) is 66.8. The zero-order valence-electron chi connectivity index (χ0n) is 46.8. The first-order valence-electron chi connectivity index (χ1n) is 29.4. The molecule has 4 atom stereocenters. The van der Waals surface area contributed by atoms with Crippen LogP contribution in [0.4, 0.5) is 0 Å². The van der Waals surface area contributed by atoms with Crippen molar-refractivity contribution in [3.63, 3.8) is 0 Å². The highest BCUT2D eigenvalue weighted by atomic mass is 31.2. The molecule has 3 N–H and O–H groups in total. The number of carbonyl (C=O) groups excluding carboxylic acids is 1. The van der Waals surface area contributed by atoms with Gasteiger partial charge in [-0.05, 0) is 64.2 Å². The van der Waals surface area contributed by atoms with Crippen LogP contribution in [-0.2, 0) is 18.4 Å². The molecular weight excluding hydrogens is 904 g/mol. The van der Waals surface area contributed by atoms with Crippen LogP contribution < -0.4 is 10.2 Å². The molecular formula is C61H113N2O7P. The number of phosphoric acid groups is 1. The first-order valence-corrected chi connectivity index (χ1v) is 30.8. The van der Waals surface area contributed by atoms with Gasteiger partial charge in [0, 0.05) is 6.42 Å². The summed E-state index contributed by atoms with van der Waals surface area (Å²) in [4.78, 5) is 25.5. The van der Waals surface area contributed by atoms with Gasteiger partial charge in [-0.25, -0.2) is 0 Å². The lowest BCUT2D eigenvalue weighted by molar-refractivity contribution is -0.870. The normalized spacial score (nSPS) is 14.9. The van der Waals surface area contributed by atoms with Crippen molar-refractivity contribution < 1.29 is 38.0 Å². The first-order chi connectivity index (χ1) is 34.4. The zero-order chi connectivity index (χ0) is 52.2. The average Bonchev–Trinajstić information content (AvgIpc) is 3.33. The lowest BCUT2D eigenvalue weighted by atomic mass is 9.99. The van der Waals surface area contributed by atoms with Crippen molar-refractivity contribution in [1.29, 1.82) is 0 Å². The fourth-order valence-electron chi connectivity index (χ4n) is 8.44. The molecule has 0 fully saturated rings. The van der Waals surface area contributed by atoms with Crippen LogP contribution in [0.2, 0.25) is 0 Å². The minimum Gasteiger partial charge on any atom is -0.756 e. The van der Waals surface area contributed by atoms with Crippen LogP contribution in [0, 0.1) is 0 Å². The number of hydrogen-bond acceptors (Lipinski definition) is 7. The van der Waals surface area contributed by atoms with E-state index in [-0.39, 0.29) is 18.9 Å². The van der Waals surface area contributed by atoms with Crippen LogP contribution in [0.25, 0.3) is 0 Å². The Kier molecular flexibility index (Phi) is 49.9. The Morgan fingerprint density at radius 3 is 1.30 bits per heavy atom. The maximum absolute atomic E-state index is 13.0. The third-order valence-corrected chi connectivity index (χ3v) is 14.0. The van der Waals surface area contributed by atoms with Crippen molar-refractivity contribution in [2.45, 2.75) is 270 Å². The molecule has 0 saturated heterocycles. The number of aliphatic hydroxyl groups excluding tert-OH is 2. The monoisotopic (exact) mass is 1020 g/mol. The molecule has 0 spiro atoms. The highest BCUT2D eigenvalue weighted by Gasteiger charge is 2.29. The maximum Gasteiger partial charge on any atom is 0.268 e. The van der Waals surface area contributed by atoms with Crippen LogP contribution in [0.15, 0.2) is 72.9 Å². The van der Waals surface area contributed by atoms with Crippen LogP contribution in [0.5, 0.6) is 0 Å². The maximum atomic E-state index is 13.0. The van der Waals surface area contributed by atoms with E-state index in [9.17, 15) is 24.5 Å². The second kappa shape index (κ2) is 51.4. The average molecular weight is 1020 g/mol. The Morgan fingerprint density at radius 1 is 0.521 bits per heavy atom. The number of hydrogen-bond donors (Lipinski definition) is 3. The molecule has 10 heteroatoms. The fraction of sp³-hybridized carbons (Fsp3) is 0.787. The summed E-state index contributed by atoms with van der Waals surface area (Å²) in [5, 5.41) is 24.8. The molecule has 0 aromatic rings. The number of quaternary nitrogens is 1. The highest BCUT2D eigenvalue weighted by Crippen LogP contribution is 2.38. The van der Waals surface area contributed by atoms with E-state index in [4.69, 9.17) is 9.05 Å². The van der Waals surface area contributed by atoms with E-state index in [2.05, 4.69) is 92.1 Å². The summed E-state index contributed by atoms with van der Waals surface area (Å²) in [5.74, 6) is -0.279. The van der Waals surface area contributed by atoms with Crippen LogP contribution in [0.3, 0.4) is 0 Å². The molecule has 0 saturated carbocycles. The number of unbranched alkanes of at least 4 members (excludes halogenated alkanes) is 27. The number of amides is 1. The minimum absolute atomic E-state index is 0.0418. The van der Waals surface area contributed by atoms with Crippen molar-refractivity contribution in [3.05, 3.63) is 72.9 Å². The Bertz CT molecular complexity index is 1400. The molecule has 0 rings (SSSR count). The Morgan fingerprint density at radius 2 is 0.887 bits per heavy atom. The number of likely N-dealkylation sites (N-methyl/N-ethyl adjacent to an activating group) is 1. The van der Waals surface area contributed by atoms with Crippen molar-refractivity contribution in [2.24, 2.45) is 0 Å². The van der Waals surface area contributed by atoms with Gasteiger partial charge in [-0.3, -0.25) is 9.36 Å². The quantitative estimate of drug-likeness (QED) is 0.0240. The highest BCUT2D eigenvalue weighted by molar-refractivity contribution is 7.45. The molecule has 0 aliphatic carbocycles. The van der Waals surface area contributed by atoms with Gasteiger partial charge in [0.05, 0.1) is 39.9 Å². The first kappa shape index (κ1) is 68.9. The van der Waals surface area contributed by atoms with Crippen LogP contribution in [-0.4, -0.2) is 79.8 Å². The number of phosphoric ester groups is 1. The predicted molar refractivity (Wildman–Crippen MR) is 303 cm³/mol. The van der Waals surface area contributed by atoms with E-state index in [0.29, 0.717) is 23.9 Å². The van der Waals surface area contributed by atoms with Crippen LogP contribution in [0.1, 0.15) is 251 Å². The predicted octanol–water partition coefficient (Wildman–Crippen LogP) is 16.2. The second-order valence-corrected chi connectivity index (χ2v) is 22.5. The van der Waals surface area contributed by atoms with Gasteiger partial charge in [0.1, 0.15) is 19.3 Å². The lowest BCUT2D eigenvalue weighted by Crippen LogP contribution is -2.51. The molecule has 9 nitrogen and oxygen atoms in total. The summed E-state index contributed by atoms with van der Waals surface area (Å²) >= 11 is 0. The topological polar surface area (TPSA) is 128 Å². The third-order valence-electron chi connectivity index (χ3n) is 13.1. The number of nitrogens with one attached hydrogen (secondary N) is 1. The summed E-state index contributed by atoms with van der Waals surface area (Å²) < 4.78 is 23.3. The van der Waals surface area contributed by atoms with Crippen molar-refractivity contribution in [3.8, 4) is 0 Å². The number of aliphatic hydroxyl groups is 2. The van der Waals surface area contributed by atoms with Gasteiger partial charge in [-0.15, -0.1) is 0 Å². The molecule has 0 radical (unpaired) electrons. The third kappa shape index (κ3) is 52.6. The van der Waals surface area contributed by atoms with Gasteiger partial charge in [0.15, 0.2) is 0 Å². The molecule has 1 amide bonds. The SMILES string of the molecule is CC/C=C\C/C=C\C/C=C\C/C=C\C/C=C\C/C=C\CCCCCCCCCCCCCCCCCCC(=O)NC(COP(=O)([O-])OCC[N+](C)(C)C)C(O)C(O)CCCCCCCCCCCCCC. The van der Waals surface area contributed by atoms with E-state index in [0.717, 1.165) is 77.0 Å². The number of allylic oxidation sites excluding steroid dienone is 12. The summed E-state index contributed by atoms with van der Waals surface area (Å²) in [6, 6.07) is -1.07. The van der Waals surface area contributed by atoms with Gasteiger partial charge in [-0.2, -0.15) is 0 Å². The summed E-state index contributed by atoms with van der Waals surface area (Å²) in [5.41, 5.74) is 0. The standard InChI is InChI=1S/C61H113N2O7P/c1-6-8-10-12-14-16-18-20-21-22-23-24-25-26-27-28-29-30-31-32-33-34-35-36-37-38-39-40-41-42-44-46-48-50-52-54-60(65)62-58(57-70-71(67,68)69-56-55-63(3,4)5)61(66)59(64)53-51-49-47-45-43-19-17-15-13-11-9-7-2/h8,10,14,16,20-21,23-24,26-27,29-30,58-59,61,64,66H,6-7,9,11-13,15,17-19,22,25,28,31-57H2,1-5H3,(H-,62,65,67,68)/b10-8-,16-14-,21-20-,24-23-,27-26-,30-29-. The van der Waals surface area contributed by atoms with Gasteiger partial charge in [-0.1, -0.05) is 254 Å². The largest absolute Gasteiger partial charge is 0.756 e.